The minimum Gasteiger partial charge on any atom is -0.462 e. The Labute approximate surface area is 144 Å². The molecule has 1 N–H and O–H groups in total. The second-order valence-electron chi connectivity index (χ2n) is 6.05. The van der Waals surface area contributed by atoms with Crippen molar-refractivity contribution in [1.29, 1.82) is 0 Å². The number of fused-ring (bicyclic) bond motifs is 1. The van der Waals surface area contributed by atoms with Crippen LogP contribution in [0.4, 0.5) is 5.00 Å². The number of aryl methyl sites for hydroxylation is 1. The first-order valence-corrected chi connectivity index (χ1v) is 8.87. The number of hydrogen-bond donors (Lipinski definition) is 1. The number of anilines is 1. The molecular formula is C17H20N2O4S. The van der Waals surface area contributed by atoms with Crippen LogP contribution in [-0.2, 0) is 17.6 Å². The molecular weight excluding hydrogens is 328 g/mol. The van der Waals surface area contributed by atoms with Crippen LogP contribution in [0.25, 0.3) is 0 Å². The van der Waals surface area contributed by atoms with Gasteiger partial charge in [-0.05, 0) is 44.6 Å². The van der Waals surface area contributed by atoms with Gasteiger partial charge in [0.05, 0.1) is 12.2 Å². The Morgan fingerprint density at radius 1 is 1.50 bits per heavy atom. The second kappa shape index (κ2) is 6.76. The van der Waals surface area contributed by atoms with E-state index in [0.29, 0.717) is 28.8 Å². The summed E-state index contributed by atoms with van der Waals surface area (Å²) in [5.41, 5.74) is 1.71. The molecule has 1 amide bonds. The maximum absolute atomic E-state index is 12.4. The number of amides is 1. The van der Waals surface area contributed by atoms with Gasteiger partial charge in [0, 0.05) is 10.9 Å². The van der Waals surface area contributed by atoms with E-state index in [2.05, 4.69) is 17.4 Å². The third-order valence-electron chi connectivity index (χ3n) is 4.08. The summed E-state index contributed by atoms with van der Waals surface area (Å²) in [7, 11) is 0. The zero-order valence-corrected chi connectivity index (χ0v) is 14.8. The van der Waals surface area contributed by atoms with Crippen molar-refractivity contribution in [3.8, 4) is 0 Å². The van der Waals surface area contributed by atoms with Crippen LogP contribution in [0.2, 0.25) is 0 Å². The van der Waals surface area contributed by atoms with Crippen molar-refractivity contribution in [2.45, 2.75) is 40.0 Å². The second-order valence-corrected chi connectivity index (χ2v) is 7.16. The number of nitrogens with one attached hydrogen (secondary N) is 1. The number of hydrogen-bond acceptors (Lipinski definition) is 6. The smallest absolute Gasteiger partial charge is 0.341 e. The largest absolute Gasteiger partial charge is 0.462 e. The molecule has 0 bridgehead atoms. The molecule has 24 heavy (non-hydrogen) atoms. The average molecular weight is 348 g/mol. The van der Waals surface area contributed by atoms with Gasteiger partial charge in [-0.2, -0.15) is 0 Å². The highest BCUT2D eigenvalue weighted by Crippen LogP contribution is 2.40. The predicted molar refractivity (Wildman–Crippen MR) is 90.7 cm³/mol. The third kappa shape index (κ3) is 3.21. The molecule has 0 aromatic carbocycles. The number of ether oxygens (including phenoxy) is 1. The molecule has 0 aliphatic heterocycles. The summed E-state index contributed by atoms with van der Waals surface area (Å²) in [6, 6.07) is 1.56. The van der Waals surface area contributed by atoms with Gasteiger partial charge in [-0.15, -0.1) is 11.3 Å². The number of aromatic nitrogens is 1. The Hall–Kier alpha value is -2.15. The molecule has 0 saturated heterocycles. The number of carbonyl (C=O) groups is 2. The van der Waals surface area contributed by atoms with Gasteiger partial charge >= 0.3 is 5.97 Å². The molecule has 1 atom stereocenters. The fourth-order valence-electron chi connectivity index (χ4n) is 2.90. The van der Waals surface area contributed by atoms with Gasteiger partial charge in [-0.3, -0.25) is 4.79 Å². The van der Waals surface area contributed by atoms with Crippen LogP contribution in [0.1, 0.15) is 57.3 Å². The number of thiophene rings is 1. The highest BCUT2D eigenvalue weighted by molar-refractivity contribution is 7.17. The van der Waals surface area contributed by atoms with E-state index in [0.717, 1.165) is 29.7 Å². The molecule has 128 valence electrons. The third-order valence-corrected chi connectivity index (χ3v) is 5.25. The fraction of sp³-hybridized carbons (Fsp3) is 0.471. The molecule has 1 aliphatic rings. The normalized spacial score (nSPS) is 16.5. The highest BCUT2D eigenvalue weighted by atomic mass is 32.1. The first-order valence-electron chi connectivity index (χ1n) is 8.06. The summed E-state index contributed by atoms with van der Waals surface area (Å²) in [4.78, 5) is 25.9. The Kier molecular flexibility index (Phi) is 4.71. The first-order chi connectivity index (χ1) is 11.5. The van der Waals surface area contributed by atoms with E-state index in [-0.39, 0.29) is 17.6 Å². The van der Waals surface area contributed by atoms with Crippen molar-refractivity contribution < 1.29 is 18.8 Å². The molecule has 1 aliphatic carbocycles. The van der Waals surface area contributed by atoms with Crippen LogP contribution in [0.3, 0.4) is 0 Å². The van der Waals surface area contributed by atoms with Crippen LogP contribution >= 0.6 is 11.3 Å². The molecule has 2 heterocycles. The molecule has 0 spiro atoms. The van der Waals surface area contributed by atoms with Crippen molar-refractivity contribution in [2.75, 3.05) is 11.9 Å². The maximum atomic E-state index is 12.4. The van der Waals surface area contributed by atoms with E-state index >= 15 is 0 Å². The zero-order valence-electron chi connectivity index (χ0n) is 14.0. The summed E-state index contributed by atoms with van der Waals surface area (Å²) in [6.45, 7) is 5.99. The van der Waals surface area contributed by atoms with Gasteiger partial charge in [0.2, 0.25) is 0 Å². The quantitative estimate of drug-likeness (QED) is 0.854. The molecule has 0 radical (unpaired) electrons. The van der Waals surface area contributed by atoms with E-state index in [1.54, 1.807) is 19.9 Å². The van der Waals surface area contributed by atoms with Crippen molar-refractivity contribution in [2.24, 2.45) is 5.92 Å². The number of esters is 1. The van der Waals surface area contributed by atoms with Crippen LogP contribution in [0, 0.1) is 12.8 Å². The van der Waals surface area contributed by atoms with Gasteiger partial charge in [0.15, 0.2) is 5.69 Å². The van der Waals surface area contributed by atoms with Gasteiger partial charge < -0.3 is 14.6 Å². The summed E-state index contributed by atoms with van der Waals surface area (Å²) < 4.78 is 10.1. The number of carbonyl (C=O) groups excluding carboxylic acids is 2. The van der Waals surface area contributed by atoms with Crippen molar-refractivity contribution in [1.82, 2.24) is 5.16 Å². The Bertz CT molecular complexity index is 778. The summed E-state index contributed by atoms with van der Waals surface area (Å²) in [5.74, 6) is 0.373. The summed E-state index contributed by atoms with van der Waals surface area (Å²) in [5, 5.41) is 7.07. The van der Waals surface area contributed by atoms with Crippen molar-refractivity contribution in [3.05, 3.63) is 33.5 Å². The average Bonchev–Trinajstić information content (AvgIpc) is 3.10. The van der Waals surface area contributed by atoms with E-state index in [1.165, 1.54) is 11.3 Å². The van der Waals surface area contributed by atoms with E-state index in [4.69, 9.17) is 9.26 Å². The van der Waals surface area contributed by atoms with Gasteiger partial charge in [-0.25, -0.2) is 4.79 Å². The van der Waals surface area contributed by atoms with Crippen LogP contribution in [0.15, 0.2) is 10.6 Å². The summed E-state index contributed by atoms with van der Waals surface area (Å²) >= 11 is 1.46. The minimum absolute atomic E-state index is 0.196. The minimum atomic E-state index is -0.385. The molecule has 2 aromatic rings. The van der Waals surface area contributed by atoms with Gasteiger partial charge in [-0.1, -0.05) is 12.1 Å². The molecule has 0 unspecified atom stereocenters. The standard InChI is InChI=1S/C17H20N2O4S/c1-4-22-17(21)14-11-6-5-9(2)7-13(11)24-16(14)18-15(20)12-8-10(3)23-19-12/h8-9H,4-7H2,1-3H3,(H,18,20)/t9-/m0/s1. The lowest BCUT2D eigenvalue weighted by Gasteiger charge is -2.18. The Morgan fingerprint density at radius 2 is 2.29 bits per heavy atom. The molecule has 6 nitrogen and oxygen atoms in total. The lowest BCUT2D eigenvalue weighted by Crippen LogP contribution is -2.16. The van der Waals surface area contributed by atoms with Crippen molar-refractivity contribution >= 4 is 28.2 Å². The molecule has 0 saturated carbocycles. The van der Waals surface area contributed by atoms with E-state index in [9.17, 15) is 9.59 Å². The first kappa shape index (κ1) is 16.7. The monoisotopic (exact) mass is 348 g/mol. The highest BCUT2D eigenvalue weighted by Gasteiger charge is 2.29. The maximum Gasteiger partial charge on any atom is 0.341 e. The summed E-state index contributed by atoms with van der Waals surface area (Å²) in [6.07, 6.45) is 2.79. The van der Waals surface area contributed by atoms with E-state index in [1.807, 2.05) is 0 Å². The lowest BCUT2D eigenvalue weighted by atomic mass is 9.88. The zero-order chi connectivity index (χ0) is 17.3. The predicted octanol–water partition coefficient (Wildman–Crippen LogP) is 3.60. The SMILES string of the molecule is CCOC(=O)c1c(NC(=O)c2cc(C)on2)sc2c1CC[C@H](C)C2. The Morgan fingerprint density at radius 3 is 2.96 bits per heavy atom. The van der Waals surface area contributed by atoms with Crippen LogP contribution in [-0.4, -0.2) is 23.6 Å². The van der Waals surface area contributed by atoms with Gasteiger partial charge in [0.1, 0.15) is 10.8 Å². The fourth-order valence-corrected chi connectivity index (χ4v) is 4.29. The van der Waals surface area contributed by atoms with E-state index < -0.39 is 0 Å². The topological polar surface area (TPSA) is 81.4 Å². The van der Waals surface area contributed by atoms with Crippen LogP contribution in [0.5, 0.6) is 0 Å². The number of nitrogens with zero attached hydrogens (tertiary/aromatic N) is 1. The lowest BCUT2D eigenvalue weighted by molar-refractivity contribution is 0.0526. The molecule has 2 aromatic heterocycles. The molecule has 0 fully saturated rings. The van der Waals surface area contributed by atoms with Gasteiger partial charge in [0.25, 0.3) is 5.91 Å². The van der Waals surface area contributed by atoms with Crippen molar-refractivity contribution in [3.63, 3.8) is 0 Å². The van der Waals surface area contributed by atoms with Crippen LogP contribution < -0.4 is 5.32 Å². The molecule has 3 rings (SSSR count). The number of rotatable bonds is 4. The Balaban J connectivity index is 1.94. The molecule has 7 heteroatoms.